The highest BCUT2D eigenvalue weighted by Crippen LogP contribution is 2.20. The molecule has 3 N–H and O–H groups in total. The topological polar surface area (TPSA) is 86.6 Å². The number of aliphatic carboxylic acids is 1. The summed E-state index contributed by atoms with van der Waals surface area (Å²) in [5, 5.41) is 20.2. The second-order valence-corrected chi connectivity index (χ2v) is 4.19. The molecule has 98 valence electrons. The van der Waals surface area contributed by atoms with Crippen molar-refractivity contribution in [3.8, 4) is 0 Å². The van der Waals surface area contributed by atoms with Gasteiger partial charge in [-0.3, -0.25) is 4.79 Å². The highest BCUT2D eigenvalue weighted by Gasteiger charge is 2.21. The third-order valence-corrected chi connectivity index (χ3v) is 2.96. The van der Waals surface area contributed by atoms with Crippen LogP contribution in [0.4, 0.5) is 0 Å². The number of carbonyl (C=O) groups excluding carboxylic acids is 1. The van der Waals surface area contributed by atoms with Gasteiger partial charge < -0.3 is 15.5 Å². The first-order chi connectivity index (χ1) is 8.47. The summed E-state index contributed by atoms with van der Waals surface area (Å²) in [5.41, 5.74) is 0.958. The Morgan fingerprint density at radius 2 is 2.11 bits per heavy atom. The zero-order valence-corrected chi connectivity index (χ0v) is 10.6. The number of nitrogens with one attached hydrogen (secondary N) is 1. The average Bonchev–Trinajstić information content (AvgIpc) is 2.31. The van der Waals surface area contributed by atoms with Gasteiger partial charge in [0.05, 0.1) is 10.6 Å². The molecule has 0 spiro atoms. The lowest BCUT2D eigenvalue weighted by Gasteiger charge is -2.14. The summed E-state index contributed by atoms with van der Waals surface area (Å²) >= 11 is 5.97. The standard InChI is InChI=1S/C12H14ClNO4/c1-7-3-2-4-8(10(7)13)11(16)14-9(5-6-15)12(17)18/h2-4,9,15H,5-6H2,1H3,(H,14,16)(H,17,18)/t9-/m0/s1. The Kier molecular flexibility index (Phi) is 5.12. The largest absolute Gasteiger partial charge is 0.480 e. The zero-order chi connectivity index (χ0) is 13.7. The van der Waals surface area contributed by atoms with Crippen LogP contribution < -0.4 is 5.32 Å². The highest BCUT2D eigenvalue weighted by molar-refractivity contribution is 6.34. The third-order valence-electron chi connectivity index (χ3n) is 2.46. The van der Waals surface area contributed by atoms with Crippen molar-refractivity contribution in [2.75, 3.05) is 6.61 Å². The van der Waals surface area contributed by atoms with Gasteiger partial charge in [0, 0.05) is 13.0 Å². The molecule has 0 unspecified atom stereocenters. The van der Waals surface area contributed by atoms with E-state index in [2.05, 4.69) is 5.32 Å². The fourth-order valence-corrected chi connectivity index (χ4v) is 1.66. The molecule has 0 radical (unpaired) electrons. The van der Waals surface area contributed by atoms with E-state index in [4.69, 9.17) is 21.8 Å². The molecule has 0 saturated carbocycles. The summed E-state index contributed by atoms with van der Waals surface area (Å²) in [5.74, 6) is -1.76. The van der Waals surface area contributed by atoms with E-state index in [9.17, 15) is 9.59 Å². The third kappa shape index (κ3) is 3.45. The number of rotatable bonds is 5. The Labute approximate surface area is 109 Å². The lowest BCUT2D eigenvalue weighted by atomic mass is 10.1. The minimum atomic E-state index is -1.19. The number of carboxylic acids is 1. The summed E-state index contributed by atoms with van der Waals surface area (Å²) < 4.78 is 0. The maximum atomic E-state index is 11.9. The molecule has 1 rings (SSSR count). The quantitative estimate of drug-likeness (QED) is 0.751. The van der Waals surface area contributed by atoms with Crippen LogP contribution in [0.5, 0.6) is 0 Å². The number of carboxylic acid groups (broad SMARTS) is 1. The lowest BCUT2D eigenvalue weighted by Crippen LogP contribution is -2.41. The summed E-state index contributed by atoms with van der Waals surface area (Å²) in [6, 6.07) is 3.81. The van der Waals surface area contributed by atoms with Gasteiger partial charge >= 0.3 is 5.97 Å². The van der Waals surface area contributed by atoms with E-state index in [1.165, 1.54) is 6.07 Å². The number of hydrogen-bond acceptors (Lipinski definition) is 3. The molecule has 0 saturated heterocycles. The molecule has 0 heterocycles. The molecular weight excluding hydrogens is 258 g/mol. The number of aliphatic hydroxyl groups is 1. The van der Waals surface area contributed by atoms with Crippen LogP contribution in [0.1, 0.15) is 22.3 Å². The van der Waals surface area contributed by atoms with Gasteiger partial charge in [-0.15, -0.1) is 0 Å². The van der Waals surface area contributed by atoms with E-state index in [-0.39, 0.29) is 18.6 Å². The molecule has 18 heavy (non-hydrogen) atoms. The van der Waals surface area contributed by atoms with Gasteiger partial charge in [-0.25, -0.2) is 4.79 Å². The zero-order valence-electron chi connectivity index (χ0n) is 9.81. The molecule has 1 aromatic rings. The Balaban J connectivity index is 2.87. The highest BCUT2D eigenvalue weighted by atomic mass is 35.5. The fourth-order valence-electron chi connectivity index (χ4n) is 1.45. The number of carbonyl (C=O) groups is 2. The first-order valence-corrected chi connectivity index (χ1v) is 5.74. The molecule has 0 aliphatic rings. The summed E-state index contributed by atoms with van der Waals surface area (Å²) in [6.07, 6.45) is -0.0511. The second-order valence-electron chi connectivity index (χ2n) is 3.81. The molecule has 0 bridgehead atoms. The van der Waals surface area contributed by atoms with Gasteiger partial charge in [-0.1, -0.05) is 23.7 Å². The average molecular weight is 272 g/mol. The smallest absolute Gasteiger partial charge is 0.326 e. The van der Waals surface area contributed by atoms with Crippen LogP contribution in [0.2, 0.25) is 5.02 Å². The molecule has 0 fully saturated rings. The lowest BCUT2D eigenvalue weighted by molar-refractivity contribution is -0.139. The van der Waals surface area contributed by atoms with E-state index in [1.54, 1.807) is 19.1 Å². The van der Waals surface area contributed by atoms with E-state index < -0.39 is 17.9 Å². The van der Waals surface area contributed by atoms with E-state index in [1.807, 2.05) is 0 Å². The Morgan fingerprint density at radius 3 is 2.67 bits per heavy atom. The number of benzene rings is 1. The molecular formula is C12H14ClNO4. The van der Waals surface area contributed by atoms with Gasteiger partial charge in [-0.05, 0) is 18.6 Å². The van der Waals surface area contributed by atoms with Crippen LogP contribution in [0.25, 0.3) is 0 Å². The van der Waals surface area contributed by atoms with E-state index in [0.717, 1.165) is 5.56 Å². The predicted molar refractivity (Wildman–Crippen MR) is 66.8 cm³/mol. The normalized spacial score (nSPS) is 11.9. The van der Waals surface area contributed by atoms with Gasteiger partial charge in [0.25, 0.3) is 5.91 Å². The Hall–Kier alpha value is -1.59. The number of hydrogen-bond donors (Lipinski definition) is 3. The molecule has 6 heteroatoms. The number of amides is 1. The van der Waals surface area contributed by atoms with Crippen molar-refractivity contribution in [3.63, 3.8) is 0 Å². The maximum Gasteiger partial charge on any atom is 0.326 e. The predicted octanol–water partition coefficient (Wildman–Crippen LogP) is 1.21. The van der Waals surface area contributed by atoms with Gasteiger partial charge in [0.1, 0.15) is 6.04 Å². The Bertz CT molecular complexity index is 461. The fraction of sp³-hybridized carbons (Fsp3) is 0.333. The minimum Gasteiger partial charge on any atom is -0.480 e. The molecule has 0 aliphatic heterocycles. The van der Waals surface area contributed by atoms with Crippen molar-refractivity contribution in [2.45, 2.75) is 19.4 Å². The number of halogens is 1. The van der Waals surface area contributed by atoms with Crippen molar-refractivity contribution in [2.24, 2.45) is 0 Å². The van der Waals surface area contributed by atoms with Crippen molar-refractivity contribution in [1.82, 2.24) is 5.32 Å². The molecule has 0 aliphatic carbocycles. The van der Waals surface area contributed by atoms with Crippen molar-refractivity contribution in [1.29, 1.82) is 0 Å². The summed E-state index contributed by atoms with van der Waals surface area (Å²) in [7, 11) is 0. The minimum absolute atomic E-state index is 0.0511. The molecule has 1 amide bonds. The maximum absolute atomic E-state index is 11.9. The summed E-state index contributed by atoms with van der Waals surface area (Å²) in [4.78, 5) is 22.7. The van der Waals surface area contributed by atoms with Crippen LogP contribution in [-0.4, -0.2) is 34.7 Å². The van der Waals surface area contributed by atoms with Gasteiger partial charge in [-0.2, -0.15) is 0 Å². The van der Waals surface area contributed by atoms with Crippen LogP contribution >= 0.6 is 11.6 Å². The molecule has 1 atom stereocenters. The second kappa shape index (κ2) is 6.37. The van der Waals surface area contributed by atoms with Crippen LogP contribution in [-0.2, 0) is 4.79 Å². The van der Waals surface area contributed by atoms with Crippen LogP contribution in [0.3, 0.4) is 0 Å². The first kappa shape index (κ1) is 14.5. The molecule has 5 nitrogen and oxygen atoms in total. The summed E-state index contributed by atoms with van der Waals surface area (Å²) in [6.45, 7) is 1.43. The van der Waals surface area contributed by atoms with Gasteiger partial charge in [0.2, 0.25) is 0 Å². The SMILES string of the molecule is Cc1cccc(C(=O)N[C@@H](CCO)C(=O)O)c1Cl. The van der Waals surface area contributed by atoms with Crippen molar-refractivity contribution < 1.29 is 19.8 Å². The number of aliphatic hydroxyl groups excluding tert-OH is 1. The number of aryl methyl sites for hydroxylation is 1. The first-order valence-electron chi connectivity index (χ1n) is 5.37. The molecule has 0 aromatic heterocycles. The monoisotopic (exact) mass is 271 g/mol. The van der Waals surface area contributed by atoms with E-state index >= 15 is 0 Å². The van der Waals surface area contributed by atoms with Gasteiger partial charge in [0.15, 0.2) is 0 Å². The van der Waals surface area contributed by atoms with Crippen molar-refractivity contribution >= 4 is 23.5 Å². The van der Waals surface area contributed by atoms with E-state index in [0.29, 0.717) is 5.02 Å². The van der Waals surface area contributed by atoms with Crippen molar-refractivity contribution in [3.05, 3.63) is 34.3 Å². The molecule has 1 aromatic carbocycles. The Morgan fingerprint density at radius 1 is 1.44 bits per heavy atom. The van der Waals surface area contributed by atoms with Crippen LogP contribution in [0.15, 0.2) is 18.2 Å². The van der Waals surface area contributed by atoms with Crippen LogP contribution in [0, 0.1) is 6.92 Å².